The smallest absolute Gasteiger partial charge is 0.262 e. The highest BCUT2D eigenvalue weighted by Gasteiger charge is 2.24. The molecule has 9 heteroatoms. The molecule has 3 N–H and O–H groups in total. The average molecular weight is 466 g/mol. The Kier molecular flexibility index (Phi) is 7.72. The lowest BCUT2D eigenvalue weighted by Gasteiger charge is -2.20. The van der Waals surface area contributed by atoms with Crippen LogP contribution in [-0.4, -0.2) is 36.3 Å². The fourth-order valence-electron chi connectivity index (χ4n) is 2.42. The average Bonchev–Trinajstić information content (AvgIpc) is 2.68. The first-order valence-corrected chi connectivity index (χ1v) is 9.48. The van der Waals surface area contributed by atoms with E-state index in [1.54, 1.807) is 26.0 Å². The number of benzene rings is 2. The van der Waals surface area contributed by atoms with Crippen molar-refractivity contribution in [2.24, 2.45) is 11.0 Å². The van der Waals surface area contributed by atoms with Crippen LogP contribution in [-0.2, 0) is 4.79 Å². The molecule has 0 saturated carbocycles. The Morgan fingerprint density at radius 1 is 1.24 bits per heavy atom. The van der Waals surface area contributed by atoms with Crippen LogP contribution >= 0.6 is 15.9 Å². The standard InChI is InChI=1S/C20H21BrFN3O4/c1-11(2)17(24-19(27)13-4-6-14(22)7-5-13)20(28)25-23-10-12-8-15(21)18(26)16(9-12)29-3/h4-11,17,26H,1-3H3,(H,24,27)(H,25,28)/b23-10+. The van der Waals surface area contributed by atoms with Gasteiger partial charge < -0.3 is 15.2 Å². The SMILES string of the molecule is COc1cc(/C=N/NC(=O)C(NC(=O)c2ccc(F)cc2)C(C)C)cc(Br)c1O. The molecule has 1 unspecified atom stereocenters. The van der Waals surface area contributed by atoms with E-state index in [1.165, 1.54) is 37.6 Å². The van der Waals surface area contributed by atoms with Crippen LogP contribution in [0.5, 0.6) is 11.5 Å². The van der Waals surface area contributed by atoms with Gasteiger partial charge in [0.25, 0.3) is 11.8 Å². The molecule has 0 aromatic heterocycles. The molecule has 29 heavy (non-hydrogen) atoms. The second kappa shape index (κ2) is 10.0. The number of hydrogen-bond acceptors (Lipinski definition) is 5. The number of aromatic hydroxyl groups is 1. The second-order valence-corrected chi connectivity index (χ2v) is 7.34. The van der Waals surface area contributed by atoms with E-state index in [9.17, 15) is 19.1 Å². The number of hydrogen-bond donors (Lipinski definition) is 3. The molecule has 0 fully saturated rings. The van der Waals surface area contributed by atoms with Crippen molar-refractivity contribution < 1.29 is 23.8 Å². The van der Waals surface area contributed by atoms with Gasteiger partial charge in [0.05, 0.1) is 17.8 Å². The van der Waals surface area contributed by atoms with E-state index in [0.29, 0.717) is 10.0 Å². The first kappa shape index (κ1) is 22.4. The summed E-state index contributed by atoms with van der Waals surface area (Å²) in [5, 5.41) is 16.3. The van der Waals surface area contributed by atoms with Gasteiger partial charge in [0.2, 0.25) is 0 Å². The highest BCUT2D eigenvalue weighted by atomic mass is 79.9. The molecule has 2 rings (SSSR count). The van der Waals surface area contributed by atoms with Gasteiger partial charge in [0, 0.05) is 5.56 Å². The van der Waals surface area contributed by atoms with Gasteiger partial charge in [0.1, 0.15) is 11.9 Å². The van der Waals surface area contributed by atoms with Crippen molar-refractivity contribution in [3.63, 3.8) is 0 Å². The Balaban J connectivity index is 2.06. The summed E-state index contributed by atoms with van der Waals surface area (Å²) in [6.07, 6.45) is 1.38. The largest absolute Gasteiger partial charge is 0.503 e. The summed E-state index contributed by atoms with van der Waals surface area (Å²) in [7, 11) is 1.42. The highest BCUT2D eigenvalue weighted by Crippen LogP contribution is 2.34. The Morgan fingerprint density at radius 2 is 1.90 bits per heavy atom. The molecule has 0 heterocycles. The maximum absolute atomic E-state index is 13.0. The summed E-state index contributed by atoms with van der Waals surface area (Å²) in [6.45, 7) is 3.56. The van der Waals surface area contributed by atoms with Crippen LogP contribution in [0.25, 0.3) is 0 Å². The number of hydrazone groups is 1. The molecular formula is C20H21BrFN3O4. The van der Waals surface area contributed by atoms with Crippen LogP contribution in [0.3, 0.4) is 0 Å². The molecule has 0 saturated heterocycles. The number of carbonyl (C=O) groups excluding carboxylic acids is 2. The normalized spacial score (nSPS) is 12.1. The van der Waals surface area contributed by atoms with Crippen LogP contribution in [0.15, 0.2) is 46.0 Å². The second-order valence-electron chi connectivity index (χ2n) is 6.49. The topological polar surface area (TPSA) is 100 Å². The van der Waals surface area contributed by atoms with E-state index >= 15 is 0 Å². The van der Waals surface area contributed by atoms with E-state index in [-0.39, 0.29) is 23.0 Å². The van der Waals surface area contributed by atoms with Crippen molar-refractivity contribution in [3.05, 3.63) is 57.8 Å². The summed E-state index contributed by atoms with van der Waals surface area (Å²) in [4.78, 5) is 24.8. The van der Waals surface area contributed by atoms with E-state index in [1.807, 2.05) is 0 Å². The maximum Gasteiger partial charge on any atom is 0.262 e. The minimum Gasteiger partial charge on any atom is -0.503 e. The minimum absolute atomic E-state index is 0.0444. The molecule has 1 atom stereocenters. The van der Waals surface area contributed by atoms with Gasteiger partial charge in [0.15, 0.2) is 11.5 Å². The molecule has 2 aromatic carbocycles. The zero-order chi connectivity index (χ0) is 21.6. The summed E-state index contributed by atoms with van der Waals surface area (Å²) < 4.78 is 18.5. The van der Waals surface area contributed by atoms with Crippen LogP contribution in [0, 0.1) is 11.7 Å². The number of phenolic OH excluding ortho intramolecular Hbond substituents is 1. The quantitative estimate of drug-likeness (QED) is 0.431. The summed E-state index contributed by atoms with van der Waals surface area (Å²) >= 11 is 3.20. The first-order valence-electron chi connectivity index (χ1n) is 8.68. The molecule has 7 nitrogen and oxygen atoms in total. The molecule has 0 aliphatic heterocycles. The molecule has 0 aliphatic carbocycles. The summed E-state index contributed by atoms with van der Waals surface area (Å²) in [5.74, 6) is -1.45. The van der Waals surface area contributed by atoms with Crippen LogP contribution in [0.4, 0.5) is 4.39 Å². The number of carbonyl (C=O) groups is 2. The van der Waals surface area contributed by atoms with Crippen molar-refractivity contribution >= 4 is 34.0 Å². The van der Waals surface area contributed by atoms with Gasteiger partial charge in [-0.2, -0.15) is 5.10 Å². The Hall–Kier alpha value is -2.94. The van der Waals surface area contributed by atoms with Crippen molar-refractivity contribution in [2.75, 3.05) is 7.11 Å². The maximum atomic E-state index is 13.0. The van der Waals surface area contributed by atoms with Gasteiger partial charge in [-0.25, -0.2) is 9.82 Å². The van der Waals surface area contributed by atoms with Crippen molar-refractivity contribution in [1.82, 2.24) is 10.7 Å². The number of nitrogens with one attached hydrogen (secondary N) is 2. The van der Waals surface area contributed by atoms with Gasteiger partial charge in [-0.05, 0) is 63.8 Å². The number of methoxy groups -OCH3 is 1. The lowest BCUT2D eigenvalue weighted by Crippen LogP contribution is -2.48. The zero-order valence-corrected chi connectivity index (χ0v) is 17.7. The van der Waals surface area contributed by atoms with Crippen LogP contribution in [0.2, 0.25) is 0 Å². The third kappa shape index (κ3) is 6.02. The van der Waals surface area contributed by atoms with E-state index in [4.69, 9.17) is 4.74 Å². The predicted octanol–water partition coefficient (Wildman–Crippen LogP) is 3.21. The lowest BCUT2D eigenvalue weighted by molar-refractivity contribution is -0.123. The molecular weight excluding hydrogens is 445 g/mol. The Morgan fingerprint density at radius 3 is 2.48 bits per heavy atom. The predicted molar refractivity (Wildman–Crippen MR) is 111 cm³/mol. The van der Waals surface area contributed by atoms with Crippen LogP contribution in [0.1, 0.15) is 29.8 Å². The number of nitrogens with zero attached hydrogens (tertiary/aromatic N) is 1. The van der Waals surface area contributed by atoms with Crippen molar-refractivity contribution in [1.29, 1.82) is 0 Å². The fraction of sp³-hybridized carbons (Fsp3) is 0.250. The van der Waals surface area contributed by atoms with Crippen molar-refractivity contribution in [3.8, 4) is 11.5 Å². The Labute approximate surface area is 176 Å². The van der Waals surface area contributed by atoms with Crippen molar-refractivity contribution in [2.45, 2.75) is 19.9 Å². The number of amides is 2. The third-order valence-electron chi connectivity index (χ3n) is 4.00. The van der Waals surface area contributed by atoms with E-state index in [2.05, 4.69) is 31.8 Å². The number of ether oxygens (including phenoxy) is 1. The van der Waals surface area contributed by atoms with E-state index in [0.717, 1.165) is 0 Å². The molecule has 0 spiro atoms. The van der Waals surface area contributed by atoms with Gasteiger partial charge in [-0.15, -0.1) is 0 Å². The monoisotopic (exact) mass is 465 g/mol. The molecule has 0 aliphatic rings. The lowest BCUT2D eigenvalue weighted by atomic mass is 10.0. The highest BCUT2D eigenvalue weighted by molar-refractivity contribution is 9.10. The minimum atomic E-state index is -0.842. The number of phenols is 1. The fourth-order valence-corrected chi connectivity index (χ4v) is 2.88. The van der Waals surface area contributed by atoms with E-state index < -0.39 is 23.7 Å². The van der Waals surface area contributed by atoms with Gasteiger partial charge >= 0.3 is 0 Å². The molecule has 2 aromatic rings. The summed E-state index contributed by atoms with van der Waals surface area (Å²) in [5.41, 5.74) is 3.20. The van der Waals surface area contributed by atoms with Gasteiger partial charge in [-0.1, -0.05) is 13.8 Å². The molecule has 154 valence electrons. The summed E-state index contributed by atoms with van der Waals surface area (Å²) in [6, 6.07) is 7.34. The molecule has 0 radical (unpaired) electrons. The van der Waals surface area contributed by atoms with Crippen LogP contribution < -0.4 is 15.5 Å². The molecule has 2 amide bonds. The van der Waals surface area contributed by atoms with Gasteiger partial charge in [-0.3, -0.25) is 9.59 Å². The molecule has 0 bridgehead atoms. The Bertz CT molecular complexity index is 917. The first-order chi connectivity index (χ1) is 13.7. The number of rotatable bonds is 7. The third-order valence-corrected chi connectivity index (χ3v) is 4.61. The zero-order valence-electron chi connectivity index (χ0n) is 16.1. The number of halogens is 2.